The number of hydrogen-bond donors (Lipinski definition) is 0. The third-order valence-corrected chi connectivity index (χ3v) is 2.83. The van der Waals surface area contributed by atoms with Crippen molar-refractivity contribution in [1.82, 2.24) is 0 Å². The zero-order valence-corrected chi connectivity index (χ0v) is 8.97. The molecule has 0 aromatic rings. The fourth-order valence-corrected chi connectivity index (χ4v) is 1.97. The monoisotopic (exact) mass is 182 g/mol. The van der Waals surface area contributed by atoms with E-state index in [2.05, 4.69) is 20.8 Å². The van der Waals surface area contributed by atoms with Crippen LogP contribution in [0.1, 0.15) is 52.9 Å². The minimum absolute atomic E-state index is 0.500. The van der Waals surface area contributed by atoms with Crippen LogP contribution in [0.15, 0.2) is 0 Å². The smallest absolute Gasteiger partial charge is 0.0159 e. The maximum absolute atomic E-state index is 8.24. The van der Waals surface area contributed by atoms with Crippen LogP contribution in [0.25, 0.3) is 5.41 Å². The van der Waals surface area contributed by atoms with E-state index in [9.17, 15) is 0 Å². The SMILES string of the molecule is CC(C)(C)C1CCCCC1.[N-]=C=O. The second kappa shape index (κ2) is 5.93. The molecule has 1 rings (SSSR count). The molecule has 2 heteroatoms. The van der Waals surface area contributed by atoms with Gasteiger partial charge in [-0.25, -0.2) is 0 Å². The van der Waals surface area contributed by atoms with Gasteiger partial charge in [-0.3, -0.25) is 4.79 Å². The lowest BCUT2D eigenvalue weighted by Gasteiger charge is -2.33. The molecule has 0 aromatic heterocycles. The second-order valence-corrected chi connectivity index (χ2v) is 4.79. The molecule has 0 saturated heterocycles. The van der Waals surface area contributed by atoms with Crippen molar-refractivity contribution in [2.24, 2.45) is 11.3 Å². The van der Waals surface area contributed by atoms with Crippen molar-refractivity contribution in [3.8, 4) is 0 Å². The minimum Gasteiger partial charge on any atom is -0.724 e. The van der Waals surface area contributed by atoms with Gasteiger partial charge >= 0.3 is 0 Å². The Hall–Kier alpha value is -0.620. The van der Waals surface area contributed by atoms with Gasteiger partial charge in [-0.1, -0.05) is 40.0 Å². The summed E-state index contributed by atoms with van der Waals surface area (Å²) in [5, 5.41) is 6.76. The molecule has 0 atom stereocenters. The molecule has 13 heavy (non-hydrogen) atoms. The number of isocyanates is 1. The van der Waals surface area contributed by atoms with Crippen molar-refractivity contribution in [1.29, 1.82) is 0 Å². The summed E-state index contributed by atoms with van der Waals surface area (Å²) in [5.41, 5.74) is 0.570. The molecule has 1 saturated carbocycles. The summed E-state index contributed by atoms with van der Waals surface area (Å²) in [6.07, 6.45) is 7.88. The number of hydrogen-bond acceptors (Lipinski definition) is 1. The van der Waals surface area contributed by atoms with E-state index in [0.29, 0.717) is 11.5 Å². The van der Waals surface area contributed by atoms with E-state index >= 15 is 0 Å². The van der Waals surface area contributed by atoms with E-state index in [0.717, 1.165) is 5.92 Å². The fraction of sp³-hybridized carbons (Fsp3) is 0.909. The Bertz CT molecular complexity index is 157. The molecular weight excluding hydrogens is 162 g/mol. The molecule has 1 aliphatic carbocycles. The highest BCUT2D eigenvalue weighted by atomic mass is 16.1. The maximum Gasteiger partial charge on any atom is -0.0159 e. The van der Waals surface area contributed by atoms with E-state index < -0.39 is 0 Å². The van der Waals surface area contributed by atoms with E-state index in [-0.39, 0.29) is 0 Å². The van der Waals surface area contributed by atoms with Crippen molar-refractivity contribution in [2.45, 2.75) is 52.9 Å². The van der Waals surface area contributed by atoms with Crippen LogP contribution >= 0.6 is 0 Å². The van der Waals surface area contributed by atoms with E-state index in [1.807, 2.05) is 0 Å². The summed E-state index contributed by atoms with van der Waals surface area (Å²) in [6.45, 7) is 7.13. The predicted octanol–water partition coefficient (Wildman–Crippen LogP) is 3.50. The first-order valence-electron chi connectivity index (χ1n) is 5.03. The van der Waals surface area contributed by atoms with Gasteiger partial charge in [-0.05, 0) is 30.3 Å². The Labute approximate surface area is 81.2 Å². The van der Waals surface area contributed by atoms with E-state index in [1.54, 1.807) is 0 Å². The molecule has 0 aliphatic heterocycles. The highest BCUT2D eigenvalue weighted by Crippen LogP contribution is 2.37. The van der Waals surface area contributed by atoms with Gasteiger partial charge in [0, 0.05) is 0 Å². The summed E-state index contributed by atoms with van der Waals surface area (Å²) in [7, 11) is 0. The lowest BCUT2D eigenvalue weighted by molar-refractivity contribution is 0.180. The zero-order chi connectivity index (χ0) is 10.3. The summed E-state index contributed by atoms with van der Waals surface area (Å²) < 4.78 is 0. The lowest BCUT2D eigenvalue weighted by Crippen LogP contribution is -2.22. The topological polar surface area (TPSA) is 39.4 Å². The third-order valence-electron chi connectivity index (χ3n) is 2.83. The molecule has 0 N–H and O–H groups in total. The van der Waals surface area contributed by atoms with Crippen LogP contribution in [0.4, 0.5) is 0 Å². The number of nitrogens with zero attached hydrogens (tertiary/aromatic N) is 1. The normalized spacial score (nSPS) is 18.4. The van der Waals surface area contributed by atoms with Crippen molar-refractivity contribution in [2.75, 3.05) is 0 Å². The van der Waals surface area contributed by atoms with Gasteiger partial charge in [0.25, 0.3) is 0 Å². The van der Waals surface area contributed by atoms with Crippen LogP contribution < -0.4 is 0 Å². The fourth-order valence-electron chi connectivity index (χ4n) is 1.97. The molecule has 1 fully saturated rings. The molecule has 0 heterocycles. The van der Waals surface area contributed by atoms with Crippen molar-refractivity contribution in [3.05, 3.63) is 5.41 Å². The number of rotatable bonds is 0. The van der Waals surface area contributed by atoms with Crippen LogP contribution in [0.2, 0.25) is 0 Å². The predicted molar refractivity (Wildman–Crippen MR) is 55.1 cm³/mol. The Morgan fingerprint density at radius 2 is 1.54 bits per heavy atom. The quantitative estimate of drug-likeness (QED) is 0.417. The van der Waals surface area contributed by atoms with Crippen molar-refractivity contribution >= 4 is 6.08 Å². The summed E-state index contributed by atoms with van der Waals surface area (Å²) in [4.78, 5) is 8.24. The van der Waals surface area contributed by atoms with Crippen molar-refractivity contribution < 1.29 is 4.79 Å². The minimum atomic E-state index is 0.500. The average Bonchev–Trinajstić information content (AvgIpc) is 2.06. The standard InChI is InChI=1S/C10H20.CNO/c1-10(2,3)9-7-5-4-6-8-9;2-1-3/h9H,4-8H2,1-3H3;/q;-1. The third kappa shape index (κ3) is 5.59. The largest absolute Gasteiger partial charge is 0.724 e. The van der Waals surface area contributed by atoms with Crippen LogP contribution in [0, 0.1) is 11.3 Å². The first-order chi connectivity index (χ1) is 6.02. The molecule has 0 aromatic carbocycles. The molecular formula is C11H20NO-. The highest BCUT2D eigenvalue weighted by Gasteiger charge is 2.25. The van der Waals surface area contributed by atoms with Crippen molar-refractivity contribution in [3.63, 3.8) is 0 Å². The Balaban J connectivity index is 0.000000424. The molecule has 0 amide bonds. The Morgan fingerprint density at radius 1 is 1.15 bits per heavy atom. The molecule has 0 spiro atoms. The zero-order valence-electron chi connectivity index (χ0n) is 8.97. The van der Waals surface area contributed by atoms with Crippen LogP contribution in [-0.4, -0.2) is 6.08 Å². The second-order valence-electron chi connectivity index (χ2n) is 4.79. The van der Waals surface area contributed by atoms with Crippen LogP contribution in [-0.2, 0) is 4.79 Å². The maximum atomic E-state index is 8.24. The van der Waals surface area contributed by atoms with Gasteiger partial charge in [0.1, 0.15) is 0 Å². The van der Waals surface area contributed by atoms with E-state index in [1.165, 1.54) is 32.1 Å². The van der Waals surface area contributed by atoms with Gasteiger partial charge in [0.2, 0.25) is 0 Å². The molecule has 1 aliphatic rings. The average molecular weight is 182 g/mol. The molecule has 0 radical (unpaired) electrons. The van der Waals surface area contributed by atoms with Gasteiger partial charge in [0.05, 0.1) is 0 Å². The van der Waals surface area contributed by atoms with Gasteiger partial charge in [0.15, 0.2) is 0 Å². The molecule has 0 unspecified atom stereocenters. The first kappa shape index (κ1) is 12.4. The van der Waals surface area contributed by atoms with E-state index in [4.69, 9.17) is 10.2 Å². The lowest BCUT2D eigenvalue weighted by atomic mass is 9.72. The summed E-state index contributed by atoms with van der Waals surface area (Å²) in [5.74, 6) is 1.00. The van der Waals surface area contributed by atoms with Gasteiger partial charge in [-0.15, -0.1) is 0 Å². The van der Waals surface area contributed by atoms with Crippen LogP contribution in [0.3, 0.4) is 0 Å². The molecule has 76 valence electrons. The summed E-state index contributed by atoms with van der Waals surface area (Å²) >= 11 is 0. The first-order valence-corrected chi connectivity index (χ1v) is 5.03. The summed E-state index contributed by atoms with van der Waals surface area (Å²) in [6, 6.07) is 0. The Kier molecular flexibility index (Phi) is 5.65. The molecule has 0 bridgehead atoms. The highest BCUT2D eigenvalue weighted by molar-refractivity contribution is 5.36. The molecule has 2 nitrogen and oxygen atoms in total. The van der Waals surface area contributed by atoms with Gasteiger partial charge < -0.3 is 5.41 Å². The number of carbonyl (C=O) groups excluding carboxylic acids is 1. The Morgan fingerprint density at radius 3 is 1.77 bits per heavy atom. The van der Waals surface area contributed by atoms with Gasteiger partial charge in [-0.2, -0.15) is 0 Å². The van der Waals surface area contributed by atoms with Crippen LogP contribution in [0.5, 0.6) is 0 Å².